The van der Waals surface area contributed by atoms with Crippen LogP contribution in [0.15, 0.2) is 127 Å². The summed E-state index contributed by atoms with van der Waals surface area (Å²) in [7, 11) is 0. The van der Waals surface area contributed by atoms with E-state index in [0.717, 1.165) is 22.1 Å². The molecule has 44 heavy (non-hydrogen) atoms. The van der Waals surface area contributed by atoms with E-state index in [-0.39, 0.29) is 10.8 Å². The first-order valence-electron chi connectivity index (χ1n) is 15.3. The molecule has 0 bridgehead atoms. The maximum Gasteiger partial charge on any atom is 0.164 e. The van der Waals surface area contributed by atoms with Crippen molar-refractivity contribution in [2.75, 3.05) is 0 Å². The third-order valence-electron chi connectivity index (χ3n) is 10.1. The minimum atomic E-state index is -0.0615. The van der Waals surface area contributed by atoms with Gasteiger partial charge in [-0.15, -0.1) is 0 Å². The highest BCUT2D eigenvalue weighted by Gasteiger charge is 2.46. The molecule has 0 amide bonds. The maximum atomic E-state index is 5.07. The van der Waals surface area contributed by atoms with E-state index >= 15 is 0 Å². The molecule has 6 aromatic carbocycles. The Labute approximate surface area is 258 Å². The molecule has 1 aromatic heterocycles. The number of benzene rings is 6. The summed E-state index contributed by atoms with van der Waals surface area (Å²) in [5, 5.41) is 4.88. The Hall–Kier alpha value is -5.15. The van der Waals surface area contributed by atoms with Gasteiger partial charge < -0.3 is 0 Å². The summed E-state index contributed by atoms with van der Waals surface area (Å²) in [5.41, 5.74) is 8.32. The Morgan fingerprint density at radius 3 is 1.64 bits per heavy atom. The Morgan fingerprint density at radius 2 is 0.955 bits per heavy atom. The lowest BCUT2D eigenvalue weighted by Gasteiger charge is -2.48. The predicted octanol–water partition coefficient (Wildman–Crippen LogP) is 10.4. The van der Waals surface area contributed by atoms with Crippen LogP contribution in [0.1, 0.15) is 38.8 Å². The van der Waals surface area contributed by atoms with Crippen LogP contribution in [0.2, 0.25) is 0 Å². The standard InChI is InChI=1S/C41H33N3/c1-40(2)33-21-12-11-18-32(33)36-34(41(40,3)4)25-23-26-22-24-29-30(35(26)36)19-13-20-31(29)39-43-37(27-14-7-5-8-15-27)42-38(44-39)28-16-9-6-10-17-28/h5-25H,1-4H3. The number of hydrogen-bond acceptors (Lipinski definition) is 3. The summed E-state index contributed by atoms with van der Waals surface area (Å²) in [6.45, 7) is 9.56. The third kappa shape index (κ3) is 3.85. The number of rotatable bonds is 3. The van der Waals surface area contributed by atoms with E-state index in [0.29, 0.717) is 17.5 Å². The van der Waals surface area contributed by atoms with E-state index in [9.17, 15) is 0 Å². The van der Waals surface area contributed by atoms with Crippen LogP contribution in [0.4, 0.5) is 0 Å². The number of aromatic nitrogens is 3. The van der Waals surface area contributed by atoms with Gasteiger partial charge in [-0.3, -0.25) is 0 Å². The molecule has 0 unspecified atom stereocenters. The second kappa shape index (κ2) is 9.68. The van der Waals surface area contributed by atoms with Crippen LogP contribution in [0.3, 0.4) is 0 Å². The molecule has 212 valence electrons. The average molecular weight is 568 g/mol. The molecule has 0 saturated heterocycles. The minimum Gasteiger partial charge on any atom is -0.208 e. The molecule has 7 aromatic rings. The molecule has 0 atom stereocenters. The number of hydrogen-bond donors (Lipinski definition) is 0. The molecule has 1 heterocycles. The molecular formula is C41H33N3. The monoisotopic (exact) mass is 567 g/mol. The van der Waals surface area contributed by atoms with Gasteiger partial charge in [-0.05, 0) is 54.6 Å². The molecule has 8 rings (SSSR count). The quantitative estimate of drug-likeness (QED) is 0.199. The highest BCUT2D eigenvalue weighted by molar-refractivity contribution is 6.18. The average Bonchev–Trinajstić information content (AvgIpc) is 3.07. The molecule has 0 radical (unpaired) electrons. The van der Waals surface area contributed by atoms with Crippen molar-refractivity contribution in [1.82, 2.24) is 15.0 Å². The van der Waals surface area contributed by atoms with E-state index < -0.39 is 0 Å². The highest BCUT2D eigenvalue weighted by atomic mass is 15.0. The second-order valence-electron chi connectivity index (χ2n) is 12.9. The summed E-state index contributed by atoms with van der Waals surface area (Å²) in [6.07, 6.45) is 0. The Balaban J connectivity index is 1.43. The fourth-order valence-corrected chi connectivity index (χ4v) is 7.03. The Bertz CT molecular complexity index is 2160. The van der Waals surface area contributed by atoms with Crippen LogP contribution in [-0.2, 0) is 10.8 Å². The van der Waals surface area contributed by atoms with Crippen molar-refractivity contribution in [3.8, 4) is 45.3 Å². The number of fused-ring (bicyclic) bond motifs is 7. The van der Waals surface area contributed by atoms with Crippen molar-refractivity contribution in [3.63, 3.8) is 0 Å². The van der Waals surface area contributed by atoms with Gasteiger partial charge in [0, 0.05) is 16.7 Å². The van der Waals surface area contributed by atoms with Crippen LogP contribution in [0.5, 0.6) is 0 Å². The first-order valence-corrected chi connectivity index (χ1v) is 15.3. The molecule has 0 aliphatic heterocycles. The zero-order valence-corrected chi connectivity index (χ0v) is 25.5. The van der Waals surface area contributed by atoms with E-state index in [4.69, 9.17) is 15.0 Å². The molecule has 0 spiro atoms. The van der Waals surface area contributed by atoms with Gasteiger partial charge in [0.1, 0.15) is 0 Å². The maximum absolute atomic E-state index is 5.07. The van der Waals surface area contributed by atoms with Crippen molar-refractivity contribution in [1.29, 1.82) is 0 Å². The summed E-state index contributed by atoms with van der Waals surface area (Å²) in [5.74, 6) is 2.01. The van der Waals surface area contributed by atoms with Crippen LogP contribution < -0.4 is 0 Å². The van der Waals surface area contributed by atoms with Gasteiger partial charge in [-0.25, -0.2) is 15.0 Å². The summed E-state index contributed by atoms with van der Waals surface area (Å²) in [6, 6.07) is 45.0. The lowest BCUT2D eigenvalue weighted by Crippen LogP contribution is -2.43. The van der Waals surface area contributed by atoms with Gasteiger partial charge in [0.05, 0.1) is 0 Å². The van der Waals surface area contributed by atoms with Crippen molar-refractivity contribution in [2.45, 2.75) is 38.5 Å². The fraction of sp³-hybridized carbons (Fsp3) is 0.146. The van der Waals surface area contributed by atoms with Gasteiger partial charge >= 0.3 is 0 Å². The van der Waals surface area contributed by atoms with Crippen LogP contribution >= 0.6 is 0 Å². The van der Waals surface area contributed by atoms with Crippen LogP contribution in [-0.4, -0.2) is 15.0 Å². The second-order valence-corrected chi connectivity index (χ2v) is 12.9. The first kappa shape index (κ1) is 26.5. The molecular weight excluding hydrogens is 534 g/mol. The van der Waals surface area contributed by atoms with E-state index in [2.05, 4.69) is 119 Å². The zero-order valence-electron chi connectivity index (χ0n) is 25.5. The smallest absolute Gasteiger partial charge is 0.164 e. The normalized spacial score (nSPS) is 14.7. The third-order valence-corrected chi connectivity index (χ3v) is 10.1. The Kier molecular flexibility index (Phi) is 5.83. The van der Waals surface area contributed by atoms with Gasteiger partial charge in [0.25, 0.3) is 0 Å². The van der Waals surface area contributed by atoms with Crippen LogP contribution in [0, 0.1) is 0 Å². The fourth-order valence-electron chi connectivity index (χ4n) is 7.03. The lowest BCUT2D eigenvalue weighted by molar-refractivity contribution is 0.299. The van der Waals surface area contributed by atoms with Gasteiger partial charge in [0.2, 0.25) is 0 Å². The minimum absolute atomic E-state index is 0.0213. The molecule has 0 saturated carbocycles. The van der Waals surface area contributed by atoms with Crippen molar-refractivity contribution in [2.24, 2.45) is 0 Å². The Morgan fingerprint density at radius 1 is 0.409 bits per heavy atom. The first-order chi connectivity index (χ1) is 21.3. The van der Waals surface area contributed by atoms with Crippen molar-refractivity contribution < 1.29 is 0 Å². The highest BCUT2D eigenvalue weighted by Crippen LogP contribution is 2.56. The van der Waals surface area contributed by atoms with E-state index in [1.54, 1.807) is 0 Å². The summed E-state index contributed by atoms with van der Waals surface area (Å²) >= 11 is 0. The van der Waals surface area contributed by atoms with E-state index in [1.165, 1.54) is 38.4 Å². The summed E-state index contributed by atoms with van der Waals surface area (Å²) in [4.78, 5) is 15.1. The SMILES string of the molecule is CC1(C)c2ccccc2-c2c(ccc3ccc4c(-c5nc(-c6ccccc6)nc(-c6ccccc6)n5)cccc4c23)C1(C)C. The van der Waals surface area contributed by atoms with Gasteiger partial charge in [-0.1, -0.05) is 155 Å². The molecule has 1 aliphatic rings. The summed E-state index contributed by atoms with van der Waals surface area (Å²) < 4.78 is 0. The molecule has 0 N–H and O–H groups in total. The predicted molar refractivity (Wildman–Crippen MR) is 183 cm³/mol. The molecule has 0 fully saturated rings. The van der Waals surface area contributed by atoms with Crippen LogP contribution in [0.25, 0.3) is 66.8 Å². The van der Waals surface area contributed by atoms with Gasteiger partial charge in [-0.2, -0.15) is 0 Å². The topological polar surface area (TPSA) is 38.7 Å². The molecule has 1 aliphatic carbocycles. The number of nitrogens with zero attached hydrogens (tertiary/aromatic N) is 3. The van der Waals surface area contributed by atoms with Crippen molar-refractivity contribution >= 4 is 21.5 Å². The molecule has 3 nitrogen and oxygen atoms in total. The van der Waals surface area contributed by atoms with E-state index in [1.807, 2.05) is 36.4 Å². The van der Waals surface area contributed by atoms with Crippen molar-refractivity contribution in [3.05, 3.63) is 139 Å². The zero-order chi connectivity index (χ0) is 30.1. The molecule has 3 heteroatoms. The largest absolute Gasteiger partial charge is 0.208 e. The van der Waals surface area contributed by atoms with Gasteiger partial charge in [0.15, 0.2) is 17.5 Å². The lowest BCUT2D eigenvalue weighted by atomic mass is 9.55.